The molecule has 2 rings (SSSR count). The number of para-hydroxylation sites is 1. The van der Waals surface area contributed by atoms with Gasteiger partial charge in [-0.2, -0.15) is 0 Å². The van der Waals surface area contributed by atoms with Gasteiger partial charge in [0.1, 0.15) is 11.8 Å². The number of hydrogen-bond acceptors (Lipinski definition) is 4. The van der Waals surface area contributed by atoms with Crippen LogP contribution in [0.15, 0.2) is 24.3 Å². The number of hydrogen-bond donors (Lipinski definition) is 1. The van der Waals surface area contributed by atoms with E-state index in [1.54, 1.807) is 7.11 Å². The van der Waals surface area contributed by atoms with Crippen molar-refractivity contribution in [1.29, 1.82) is 0 Å². The van der Waals surface area contributed by atoms with E-state index in [0.717, 1.165) is 25.1 Å². The number of piperidine rings is 1. The van der Waals surface area contributed by atoms with Gasteiger partial charge in [0.05, 0.1) is 14.2 Å². The Morgan fingerprint density at radius 3 is 2.67 bits per heavy atom. The van der Waals surface area contributed by atoms with Crippen LogP contribution in [0.4, 0.5) is 0 Å². The molecule has 1 aliphatic heterocycles. The summed E-state index contributed by atoms with van der Waals surface area (Å²) >= 11 is 0. The summed E-state index contributed by atoms with van der Waals surface area (Å²) in [4.78, 5) is 11.4. The highest BCUT2D eigenvalue weighted by Gasteiger charge is 2.28. The fraction of sp³-hybridized carbons (Fsp3) is 0.500. The first kappa shape index (κ1) is 12.9. The first-order valence-electron chi connectivity index (χ1n) is 6.20. The van der Waals surface area contributed by atoms with E-state index in [1.165, 1.54) is 12.7 Å². The van der Waals surface area contributed by atoms with Crippen molar-refractivity contribution >= 4 is 5.97 Å². The van der Waals surface area contributed by atoms with Crippen LogP contribution in [0.1, 0.15) is 24.3 Å². The Morgan fingerprint density at radius 2 is 2.06 bits per heavy atom. The molecule has 2 atom stereocenters. The summed E-state index contributed by atoms with van der Waals surface area (Å²) in [5.41, 5.74) is 1.20. The summed E-state index contributed by atoms with van der Waals surface area (Å²) in [5.74, 6) is 1.14. The molecule has 4 heteroatoms. The van der Waals surface area contributed by atoms with Gasteiger partial charge >= 0.3 is 5.97 Å². The molecule has 1 aliphatic rings. The highest BCUT2D eigenvalue weighted by Crippen LogP contribution is 2.31. The van der Waals surface area contributed by atoms with E-state index >= 15 is 0 Å². The summed E-state index contributed by atoms with van der Waals surface area (Å²) in [6.07, 6.45) is 1.77. The van der Waals surface area contributed by atoms with Gasteiger partial charge in [0.25, 0.3) is 0 Å². The molecule has 1 heterocycles. The molecular formula is C14H19NO3. The van der Waals surface area contributed by atoms with Crippen molar-refractivity contribution in [3.05, 3.63) is 29.8 Å². The van der Waals surface area contributed by atoms with E-state index in [2.05, 4.69) is 11.4 Å². The van der Waals surface area contributed by atoms with Crippen LogP contribution in [0.3, 0.4) is 0 Å². The molecule has 0 unspecified atom stereocenters. The third kappa shape index (κ3) is 2.64. The molecule has 1 aromatic rings. The lowest BCUT2D eigenvalue weighted by atomic mass is 9.88. The number of benzene rings is 1. The first-order chi connectivity index (χ1) is 8.76. The summed E-state index contributed by atoms with van der Waals surface area (Å²) < 4.78 is 10.1. The molecule has 1 aromatic carbocycles. The smallest absolute Gasteiger partial charge is 0.322 e. The molecule has 0 saturated carbocycles. The minimum Gasteiger partial charge on any atom is -0.496 e. The lowest BCUT2D eigenvalue weighted by Crippen LogP contribution is -2.43. The van der Waals surface area contributed by atoms with Gasteiger partial charge in [0.2, 0.25) is 0 Å². The number of carbonyl (C=O) groups is 1. The molecule has 0 amide bonds. The zero-order chi connectivity index (χ0) is 13.0. The predicted octanol–water partition coefficient (Wildman–Crippen LogP) is 1.70. The van der Waals surface area contributed by atoms with Crippen molar-refractivity contribution in [3.8, 4) is 5.75 Å². The van der Waals surface area contributed by atoms with Gasteiger partial charge in [-0.25, -0.2) is 0 Å². The number of methoxy groups -OCH3 is 2. The summed E-state index contributed by atoms with van der Waals surface area (Å²) in [7, 11) is 3.11. The highest BCUT2D eigenvalue weighted by atomic mass is 16.5. The van der Waals surface area contributed by atoms with Crippen molar-refractivity contribution in [2.45, 2.75) is 24.8 Å². The molecule has 0 bridgehead atoms. The van der Waals surface area contributed by atoms with Crippen molar-refractivity contribution in [2.24, 2.45) is 0 Å². The molecule has 0 radical (unpaired) electrons. The summed E-state index contributed by atoms with van der Waals surface area (Å²) in [6.45, 7) is 0.778. The number of esters is 1. The van der Waals surface area contributed by atoms with E-state index in [0.29, 0.717) is 5.92 Å². The molecule has 1 N–H and O–H groups in total. The van der Waals surface area contributed by atoms with E-state index < -0.39 is 0 Å². The van der Waals surface area contributed by atoms with Crippen LogP contribution in [0.25, 0.3) is 0 Å². The average molecular weight is 249 g/mol. The lowest BCUT2D eigenvalue weighted by Gasteiger charge is -2.29. The molecule has 0 aromatic heterocycles. The maximum Gasteiger partial charge on any atom is 0.322 e. The Kier molecular flexibility index (Phi) is 4.20. The third-order valence-corrected chi connectivity index (χ3v) is 3.48. The largest absolute Gasteiger partial charge is 0.496 e. The molecule has 4 nitrogen and oxygen atoms in total. The van der Waals surface area contributed by atoms with Crippen LogP contribution in [0.5, 0.6) is 5.75 Å². The van der Waals surface area contributed by atoms with Gasteiger partial charge in [-0.05, 0) is 24.5 Å². The lowest BCUT2D eigenvalue weighted by molar-refractivity contribution is -0.143. The van der Waals surface area contributed by atoms with Gasteiger partial charge in [0.15, 0.2) is 0 Å². The van der Waals surface area contributed by atoms with Crippen LogP contribution in [-0.4, -0.2) is 32.8 Å². The van der Waals surface area contributed by atoms with Crippen LogP contribution < -0.4 is 10.1 Å². The minimum absolute atomic E-state index is 0.166. The third-order valence-electron chi connectivity index (χ3n) is 3.48. The van der Waals surface area contributed by atoms with Gasteiger partial charge in [-0.3, -0.25) is 4.79 Å². The van der Waals surface area contributed by atoms with E-state index in [1.807, 2.05) is 18.2 Å². The number of ether oxygens (including phenoxy) is 2. The van der Waals surface area contributed by atoms with Crippen LogP contribution in [-0.2, 0) is 9.53 Å². The molecule has 98 valence electrons. The Bertz CT molecular complexity index is 411. The van der Waals surface area contributed by atoms with Gasteiger partial charge < -0.3 is 14.8 Å². The second-order valence-electron chi connectivity index (χ2n) is 4.50. The monoisotopic (exact) mass is 249 g/mol. The summed E-state index contributed by atoms with van der Waals surface area (Å²) in [6, 6.07) is 7.88. The normalized spacial score (nSPS) is 23.4. The molecule has 0 spiro atoms. The first-order valence-corrected chi connectivity index (χ1v) is 6.20. The standard InChI is InChI=1S/C14H19NO3/c1-17-13-6-4-3-5-11(13)10-7-8-12(15-9-10)14(16)18-2/h3-6,10,12,15H,7-9H2,1-2H3/t10-,12-/m1/s1. The van der Waals surface area contributed by atoms with Gasteiger partial charge in [-0.1, -0.05) is 18.2 Å². The van der Waals surface area contributed by atoms with Crippen molar-refractivity contribution in [3.63, 3.8) is 0 Å². The predicted molar refractivity (Wildman–Crippen MR) is 68.8 cm³/mol. The number of carbonyl (C=O) groups excluding carboxylic acids is 1. The zero-order valence-corrected chi connectivity index (χ0v) is 10.8. The van der Waals surface area contributed by atoms with Crippen molar-refractivity contribution in [2.75, 3.05) is 20.8 Å². The van der Waals surface area contributed by atoms with Crippen molar-refractivity contribution < 1.29 is 14.3 Å². The molecule has 1 saturated heterocycles. The van der Waals surface area contributed by atoms with E-state index in [4.69, 9.17) is 9.47 Å². The Hall–Kier alpha value is -1.55. The minimum atomic E-state index is -0.173. The Morgan fingerprint density at radius 1 is 1.28 bits per heavy atom. The topological polar surface area (TPSA) is 47.6 Å². The number of nitrogens with one attached hydrogen (secondary N) is 1. The molecule has 18 heavy (non-hydrogen) atoms. The SMILES string of the molecule is COC(=O)[C@H]1CC[C@@H](c2ccccc2OC)CN1. The molecule has 1 fully saturated rings. The van der Waals surface area contributed by atoms with E-state index in [9.17, 15) is 4.79 Å². The average Bonchev–Trinajstić information content (AvgIpc) is 2.46. The Labute approximate surface area is 107 Å². The van der Waals surface area contributed by atoms with E-state index in [-0.39, 0.29) is 12.0 Å². The quantitative estimate of drug-likeness (QED) is 0.828. The second-order valence-corrected chi connectivity index (χ2v) is 4.50. The second kappa shape index (κ2) is 5.87. The van der Waals surface area contributed by atoms with Gasteiger partial charge in [0, 0.05) is 12.5 Å². The fourth-order valence-corrected chi connectivity index (χ4v) is 2.47. The zero-order valence-electron chi connectivity index (χ0n) is 10.8. The molecule has 0 aliphatic carbocycles. The molecular weight excluding hydrogens is 230 g/mol. The van der Waals surface area contributed by atoms with Crippen LogP contribution in [0, 0.1) is 0 Å². The van der Waals surface area contributed by atoms with Crippen LogP contribution >= 0.6 is 0 Å². The summed E-state index contributed by atoms with van der Waals surface area (Å²) in [5, 5.41) is 3.24. The van der Waals surface area contributed by atoms with Gasteiger partial charge in [-0.15, -0.1) is 0 Å². The van der Waals surface area contributed by atoms with Crippen molar-refractivity contribution in [1.82, 2.24) is 5.32 Å². The maximum absolute atomic E-state index is 11.4. The van der Waals surface area contributed by atoms with Crippen LogP contribution in [0.2, 0.25) is 0 Å². The maximum atomic E-state index is 11.4. The Balaban J connectivity index is 2.03. The fourth-order valence-electron chi connectivity index (χ4n) is 2.47. The number of rotatable bonds is 3. The highest BCUT2D eigenvalue weighted by molar-refractivity contribution is 5.75.